The second kappa shape index (κ2) is 11.7. The minimum absolute atomic E-state index is 0.229. The van der Waals surface area contributed by atoms with Crippen LogP contribution in [0.1, 0.15) is 43.7 Å². The van der Waals surface area contributed by atoms with Gasteiger partial charge in [-0.25, -0.2) is 0 Å². The number of rotatable bonds is 8. The Hall–Kier alpha value is -3.77. The fourth-order valence-corrected chi connectivity index (χ4v) is 5.52. The molecule has 0 unspecified atom stereocenters. The van der Waals surface area contributed by atoms with Crippen molar-refractivity contribution in [2.45, 2.75) is 46.1 Å². The van der Waals surface area contributed by atoms with E-state index in [9.17, 15) is 9.90 Å². The number of esters is 1. The number of aromatic nitrogens is 1. The number of phenolic OH excluding ortho intramolecular Hbond substituents is 1. The zero-order valence-corrected chi connectivity index (χ0v) is 22.3. The molecule has 1 aliphatic rings. The van der Waals surface area contributed by atoms with E-state index in [-0.39, 0.29) is 11.7 Å². The van der Waals surface area contributed by atoms with Gasteiger partial charge in [0.15, 0.2) is 11.5 Å². The zero-order valence-electron chi connectivity index (χ0n) is 22.3. The Morgan fingerprint density at radius 2 is 1.63 bits per heavy atom. The summed E-state index contributed by atoms with van der Waals surface area (Å²) in [5.74, 6) is 0.906. The van der Waals surface area contributed by atoms with Gasteiger partial charge in [0.2, 0.25) is 0 Å². The summed E-state index contributed by atoms with van der Waals surface area (Å²) in [6.07, 6.45) is 5.04. The van der Waals surface area contributed by atoms with E-state index in [4.69, 9.17) is 9.47 Å². The lowest BCUT2D eigenvalue weighted by molar-refractivity contribution is -0.132. The molecule has 0 atom stereocenters. The molecule has 1 saturated heterocycles. The van der Waals surface area contributed by atoms with Crippen molar-refractivity contribution in [1.29, 1.82) is 0 Å². The van der Waals surface area contributed by atoms with Crippen LogP contribution in [0.15, 0.2) is 66.7 Å². The molecule has 5 rings (SSSR count). The van der Waals surface area contributed by atoms with E-state index in [0.29, 0.717) is 24.7 Å². The average molecular weight is 513 g/mol. The van der Waals surface area contributed by atoms with Crippen molar-refractivity contribution in [1.82, 2.24) is 9.47 Å². The third kappa shape index (κ3) is 5.70. The first-order chi connectivity index (χ1) is 18.5. The molecule has 1 aliphatic heterocycles. The molecule has 2 heterocycles. The van der Waals surface area contributed by atoms with Crippen LogP contribution >= 0.6 is 0 Å². The molecule has 1 aromatic heterocycles. The molecular weight excluding hydrogens is 476 g/mol. The van der Waals surface area contributed by atoms with E-state index in [0.717, 1.165) is 47.4 Å². The highest BCUT2D eigenvalue weighted by atomic mass is 16.6. The molecule has 0 bridgehead atoms. The summed E-state index contributed by atoms with van der Waals surface area (Å²) in [7, 11) is 0. The third-order valence-corrected chi connectivity index (χ3v) is 7.32. The first kappa shape index (κ1) is 25.9. The first-order valence-electron chi connectivity index (χ1n) is 13.5. The molecule has 1 fully saturated rings. The topological polar surface area (TPSA) is 63.9 Å². The molecule has 0 spiro atoms. The monoisotopic (exact) mass is 512 g/mol. The lowest BCUT2D eigenvalue weighted by Gasteiger charge is -2.20. The minimum atomic E-state index is -0.373. The fourth-order valence-electron chi connectivity index (χ4n) is 5.52. The zero-order chi connectivity index (χ0) is 26.5. The molecule has 0 aliphatic carbocycles. The number of carbonyl (C=O) groups is 1. The minimum Gasteiger partial charge on any atom is -0.508 e. The van der Waals surface area contributed by atoms with Gasteiger partial charge in [0, 0.05) is 25.4 Å². The number of aromatic hydroxyl groups is 1. The van der Waals surface area contributed by atoms with Gasteiger partial charge in [0.1, 0.15) is 12.4 Å². The van der Waals surface area contributed by atoms with Crippen molar-refractivity contribution in [2.24, 2.45) is 0 Å². The number of aryl methyl sites for hydroxylation is 1. The maximum absolute atomic E-state index is 12.0. The Morgan fingerprint density at radius 1 is 0.921 bits per heavy atom. The standard InChI is InChI=1S/C32H36N2O4/c1-23-30-28(34(22-25-10-6-5-7-11-25)31(23)26-12-14-27(36)15-13-26)16-17-29(38-24(2)35)32(30)37-21-20-33-18-8-3-4-9-19-33/h5-7,10-17,36H,3-4,8-9,18-22H2,1-2H3. The van der Waals surface area contributed by atoms with Gasteiger partial charge in [-0.2, -0.15) is 0 Å². The molecule has 4 aromatic rings. The SMILES string of the molecule is CC(=O)Oc1ccc2c(c(C)c(-c3ccc(O)cc3)n2Cc2ccccc2)c1OCCN1CCCCCC1. The van der Waals surface area contributed by atoms with Gasteiger partial charge in [-0.3, -0.25) is 9.69 Å². The van der Waals surface area contributed by atoms with E-state index in [2.05, 4.69) is 28.5 Å². The summed E-state index contributed by atoms with van der Waals surface area (Å²) >= 11 is 0. The Labute approximate surface area is 224 Å². The Kier molecular flexibility index (Phi) is 7.99. The molecule has 6 heteroatoms. The van der Waals surface area contributed by atoms with Crippen molar-refractivity contribution in [3.8, 4) is 28.5 Å². The predicted molar refractivity (Wildman–Crippen MR) is 151 cm³/mol. The second-order valence-corrected chi connectivity index (χ2v) is 10.1. The average Bonchev–Trinajstić information content (AvgIpc) is 3.05. The molecule has 6 nitrogen and oxygen atoms in total. The van der Waals surface area contributed by atoms with Crippen LogP contribution in [0.3, 0.4) is 0 Å². The van der Waals surface area contributed by atoms with E-state index in [1.165, 1.54) is 38.2 Å². The van der Waals surface area contributed by atoms with Crippen LogP contribution in [0.4, 0.5) is 0 Å². The van der Waals surface area contributed by atoms with Crippen molar-refractivity contribution >= 4 is 16.9 Å². The normalized spacial score (nSPS) is 14.4. The number of hydrogen-bond donors (Lipinski definition) is 1. The Balaban J connectivity index is 1.60. The molecule has 0 amide bonds. The van der Waals surface area contributed by atoms with E-state index >= 15 is 0 Å². The van der Waals surface area contributed by atoms with Crippen LogP contribution < -0.4 is 9.47 Å². The fraction of sp³-hybridized carbons (Fsp3) is 0.344. The van der Waals surface area contributed by atoms with Crippen LogP contribution in [0.2, 0.25) is 0 Å². The summed E-state index contributed by atoms with van der Waals surface area (Å²) in [6, 6.07) is 21.5. The van der Waals surface area contributed by atoms with Gasteiger partial charge >= 0.3 is 5.97 Å². The molecular formula is C32H36N2O4. The van der Waals surface area contributed by atoms with Crippen molar-refractivity contribution in [3.63, 3.8) is 0 Å². The molecule has 198 valence electrons. The lowest BCUT2D eigenvalue weighted by Crippen LogP contribution is -2.29. The number of hydrogen-bond acceptors (Lipinski definition) is 5. The number of phenols is 1. The summed E-state index contributed by atoms with van der Waals surface area (Å²) in [5.41, 5.74) is 5.27. The van der Waals surface area contributed by atoms with Crippen LogP contribution in [0.5, 0.6) is 17.2 Å². The van der Waals surface area contributed by atoms with Gasteiger partial charge in [0.25, 0.3) is 0 Å². The first-order valence-corrected chi connectivity index (χ1v) is 13.5. The van der Waals surface area contributed by atoms with Crippen LogP contribution in [0.25, 0.3) is 22.2 Å². The number of carbonyl (C=O) groups excluding carboxylic acids is 1. The number of nitrogens with zero attached hydrogens (tertiary/aromatic N) is 2. The number of ether oxygens (including phenoxy) is 2. The maximum Gasteiger partial charge on any atom is 0.308 e. The van der Waals surface area contributed by atoms with Gasteiger partial charge in [-0.05, 0) is 85.9 Å². The number of fused-ring (bicyclic) bond motifs is 1. The Morgan fingerprint density at radius 3 is 2.32 bits per heavy atom. The smallest absolute Gasteiger partial charge is 0.308 e. The van der Waals surface area contributed by atoms with Crippen molar-refractivity contribution < 1.29 is 19.4 Å². The van der Waals surface area contributed by atoms with Crippen molar-refractivity contribution in [2.75, 3.05) is 26.2 Å². The summed E-state index contributed by atoms with van der Waals surface area (Å²) < 4.78 is 14.4. The lowest BCUT2D eigenvalue weighted by atomic mass is 10.1. The molecule has 0 radical (unpaired) electrons. The Bertz CT molecular complexity index is 1390. The highest BCUT2D eigenvalue weighted by molar-refractivity contribution is 5.98. The summed E-state index contributed by atoms with van der Waals surface area (Å²) in [6.45, 7) is 7.73. The van der Waals surface area contributed by atoms with Crippen LogP contribution in [0, 0.1) is 6.92 Å². The molecule has 1 N–H and O–H groups in total. The molecule has 38 heavy (non-hydrogen) atoms. The predicted octanol–water partition coefficient (Wildman–Crippen LogP) is 6.55. The van der Waals surface area contributed by atoms with Gasteiger partial charge in [-0.15, -0.1) is 0 Å². The van der Waals surface area contributed by atoms with Crippen molar-refractivity contribution in [3.05, 3.63) is 77.9 Å². The third-order valence-electron chi connectivity index (χ3n) is 7.32. The summed E-state index contributed by atoms with van der Waals surface area (Å²) in [5, 5.41) is 10.9. The highest BCUT2D eigenvalue weighted by Crippen LogP contribution is 2.43. The largest absolute Gasteiger partial charge is 0.508 e. The van der Waals surface area contributed by atoms with E-state index in [1.54, 1.807) is 12.1 Å². The van der Waals surface area contributed by atoms with Crippen LogP contribution in [-0.2, 0) is 11.3 Å². The second-order valence-electron chi connectivity index (χ2n) is 10.1. The maximum atomic E-state index is 12.0. The summed E-state index contributed by atoms with van der Waals surface area (Å²) in [4.78, 5) is 14.5. The van der Waals surface area contributed by atoms with Crippen LogP contribution in [-0.4, -0.2) is 46.8 Å². The quantitative estimate of drug-likeness (QED) is 0.214. The van der Waals surface area contributed by atoms with E-state index < -0.39 is 0 Å². The number of benzene rings is 3. The van der Waals surface area contributed by atoms with Gasteiger partial charge in [0.05, 0.1) is 11.2 Å². The highest BCUT2D eigenvalue weighted by Gasteiger charge is 2.23. The molecule has 3 aromatic carbocycles. The van der Waals surface area contributed by atoms with E-state index in [1.807, 2.05) is 42.5 Å². The van der Waals surface area contributed by atoms with Gasteiger partial charge < -0.3 is 19.1 Å². The molecule has 0 saturated carbocycles. The van der Waals surface area contributed by atoms with Gasteiger partial charge in [-0.1, -0.05) is 43.2 Å². The number of likely N-dealkylation sites (tertiary alicyclic amines) is 1.